The van der Waals surface area contributed by atoms with Gasteiger partial charge in [0.25, 0.3) is 0 Å². The minimum atomic E-state index is 0.489. The number of nitrogens with one attached hydrogen (secondary N) is 2. The van der Waals surface area contributed by atoms with E-state index in [0.717, 1.165) is 43.4 Å². The number of rotatable bonds is 9. The first-order chi connectivity index (χ1) is 12.7. The first kappa shape index (κ1) is 19.6. The highest BCUT2D eigenvalue weighted by Gasteiger charge is 2.09. The fourth-order valence-electron chi connectivity index (χ4n) is 2.62. The Morgan fingerprint density at radius 1 is 1.19 bits per heavy atom. The van der Waals surface area contributed by atoms with Crippen molar-refractivity contribution in [3.8, 4) is 11.5 Å². The van der Waals surface area contributed by atoms with Crippen LogP contribution in [0.25, 0.3) is 0 Å². The van der Waals surface area contributed by atoms with E-state index in [4.69, 9.17) is 9.47 Å². The Balaban J connectivity index is 2.00. The van der Waals surface area contributed by atoms with Gasteiger partial charge in [0.2, 0.25) is 0 Å². The quantitative estimate of drug-likeness (QED) is 0.522. The zero-order valence-electron chi connectivity index (χ0n) is 16.0. The first-order valence-electron chi connectivity index (χ1n) is 8.82. The number of hydrogen-bond acceptors (Lipinski definition) is 5. The van der Waals surface area contributed by atoms with Crippen LogP contribution in [0.15, 0.2) is 29.5 Å². The Kier molecular flexibility index (Phi) is 7.73. The first-order valence-corrected chi connectivity index (χ1v) is 8.82. The average Bonchev–Trinajstić information content (AvgIpc) is 3.13. The minimum Gasteiger partial charge on any atom is -0.493 e. The second-order valence-electron chi connectivity index (χ2n) is 5.57. The van der Waals surface area contributed by atoms with Crippen molar-refractivity contribution in [3.05, 3.63) is 35.9 Å². The number of guanidine groups is 1. The van der Waals surface area contributed by atoms with Crippen molar-refractivity contribution in [2.45, 2.75) is 33.4 Å². The zero-order chi connectivity index (χ0) is 18.8. The molecule has 0 spiro atoms. The van der Waals surface area contributed by atoms with Gasteiger partial charge in [-0.15, -0.1) is 10.2 Å². The van der Waals surface area contributed by atoms with E-state index in [1.807, 2.05) is 29.7 Å². The van der Waals surface area contributed by atoms with Crippen LogP contribution in [-0.4, -0.2) is 48.0 Å². The molecule has 0 aliphatic heterocycles. The molecule has 2 rings (SSSR count). The maximum Gasteiger partial charge on any atom is 0.191 e. The minimum absolute atomic E-state index is 0.489. The summed E-state index contributed by atoms with van der Waals surface area (Å²) in [6, 6.07) is 5.80. The Morgan fingerprint density at radius 2 is 2.04 bits per heavy atom. The summed E-state index contributed by atoms with van der Waals surface area (Å²) in [5.74, 6) is 3.16. The molecular weight excluding hydrogens is 332 g/mol. The highest BCUT2D eigenvalue weighted by atomic mass is 16.5. The molecule has 0 aliphatic rings. The number of para-hydroxylation sites is 1. The van der Waals surface area contributed by atoms with Gasteiger partial charge in [-0.25, -0.2) is 4.99 Å². The number of ether oxygens (including phenoxy) is 2. The Hall–Kier alpha value is -2.77. The topological polar surface area (TPSA) is 85.6 Å². The van der Waals surface area contributed by atoms with Crippen molar-refractivity contribution >= 4 is 5.96 Å². The fourth-order valence-corrected chi connectivity index (χ4v) is 2.62. The van der Waals surface area contributed by atoms with Gasteiger partial charge in [-0.05, 0) is 13.0 Å². The summed E-state index contributed by atoms with van der Waals surface area (Å²) in [5, 5.41) is 14.6. The van der Waals surface area contributed by atoms with E-state index < -0.39 is 0 Å². The van der Waals surface area contributed by atoms with Crippen molar-refractivity contribution in [3.63, 3.8) is 0 Å². The smallest absolute Gasteiger partial charge is 0.191 e. The Morgan fingerprint density at radius 3 is 2.73 bits per heavy atom. The Bertz CT molecular complexity index is 713. The van der Waals surface area contributed by atoms with Crippen LogP contribution in [0.1, 0.15) is 25.2 Å². The monoisotopic (exact) mass is 360 g/mol. The van der Waals surface area contributed by atoms with Gasteiger partial charge in [0.1, 0.15) is 12.2 Å². The van der Waals surface area contributed by atoms with Crippen LogP contribution in [0, 0.1) is 0 Å². The molecule has 1 aromatic heterocycles. The maximum absolute atomic E-state index is 5.46. The van der Waals surface area contributed by atoms with E-state index in [2.05, 4.69) is 32.7 Å². The van der Waals surface area contributed by atoms with Crippen molar-refractivity contribution in [1.29, 1.82) is 0 Å². The van der Waals surface area contributed by atoms with Crippen molar-refractivity contribution in [2.24, 2.45) is 4.99 Å². The predicted molar refractivity (Wildman–Crippen MR) is 102 cm³/mol. The van der Waals surface area contributed by atoms with Crippen molar-refractivity contribution in [1.82, 2.24) is 25.4 Å². The van der Waals surface area contributed by atoms with Crippen LogP contribution in [0.2, 0.25) is 0 Å². The number of hydrogen-bond donors (Lipinski definition) is 2. The van der Waals surface area contributed by atoms with Crippen LogP contribution in [0.3, 0.4) is 0 Å². The van der Waals surface area contributed by atoms with Gasteiger partial charge < -0.3 is 24.7 Å². The van der Waals surface area contributed by atoms with E-state index >= 15 is 0 Å². The third kappa shape index (κ3) is 5.11. The molecule has 1 heterocycles. The molecule has 2 aromatic rings. The largest absolute Gasteiger partial charge is 0.493 e. The number of aryl methyl sites for hydroxylation is 1. The molecule has 8 heteroatoms. The van der Waals surface area contributed by atoms with Gasteiger partial charge in [0.05, 0.1) is 20.8 Å². The van der Waals surface area contributed by atoms with E-state index in [9.17, 15) is 0 Å². The van der Waals surface area contributed by atoms with Gasteiger partial charge in [0, 0.05) is 31.6 Å². The third-order valence-electron chi connectivity index (χ3n) is 3.89. The third-order valence-corrected chi connectivity index (χ3v) is 3.89. The summed E-state index contributed by atoms with van der Waals surface area (Å²) in [7, 11) is 3.27. The molecule has 1 aromatic carbocycles. The molecule has 0 saturated heterocycles. The lowest BCUT2D eigenvalue weighted by molar-refractivity contribution is 0.352. The molecule has 0 radical (unpaired) electrons. The van der Waals surface area contributed by atoms with E-state index in [0.29, 0.717) is 18.0 Å². The lowest BCUT2D eigenvalue weighted by Crippen LogP contribution is -2.38. The Labute approximate surface area is 154 Å². The summed E-state index contributed by atoms with van der Waals surface area (Å²) in [6.07, 6.45) is 2.62. The molecule has 142 valence electrons. The molecular formula is C18H28N6O2. The molecule has 8 nitrogen and oxygen atoms in total. The predicted octanol–water partition coefficient (Wildman–Crippen LogP) is 1.61. The van der Waals surface area contributed by atoms with Crippen LogP contribution in [-0.2, 0) is 19.5 Å². The molecule has 2 N–H and O–H groups in total. The summed E-state index contributed by atoms with van der Waals surface area (Å²) in [4.78, 5) is 4.65. The van der Waals surface area contributed by atoms with Gasteiger partial charge in [-0.1, -0.05) is 19.1 Å². The summed E-state index contributed by atoms with van der Waals surface area (Å²) < 4.78 is 12.8. The summed E-state index contributed by atoms with van der Waals surface area (Å²) in [6.45, 7) is 6.89. The molecule has 26 heavy (non-hydrogen) atoms. The second kappa shape index (κ2) is 10.3. The number of methoxy groups -OCH3 is 2. The molecule has 0 amide bonds. The SMILES string of the molecule is CCNC(=NCc1cccc(OC)c1OC)NCCn1cnnc1CC. The highest BCUT2D eigenvalue weighted by Crippen LogP contribution is 2.30. The van der Waals surface area contributed by atoms with Crippen LogP contribution >= 0.6 is 0 Å². The van der Waals surface area contributed by atoms with Gasteiger partial charge >= 0.3 is 0 Å². The van der Waals surface area contributed by atoms with Crippen LogP contribution in [0.4, 0.5) is 0 Å². The summed E-state index contributed by atoms with van der Waals surface area (Å²) in [5.41, 5.74) is 0.969. The zero-order valence-corrected chi connectivity index (χ0v) is 16.0. The maximum atomic E-state index is 5.46. The van der Waals surface area contributed by atoms with Gasteiger partial charge in [-0.2, -0.15) is 0 Å². The number of benzene rings is 1. The van der Waals surface area contributed by atoms with Crippen LogP contribution in [0.5, 0.6) is 11.5 Å². The molecule has 0 atom stereocenters. The van der Waals surface area contributed by atoms with E-state index in [-0.39, 0.29) is 0 Å². The fraction of sp³-hybridized carbons (Fsp3) is 0.500. The standard InChI is InChI=1S/C18H28N6O2/c1-5-16-23-22-13-24(16)11-10-20-18(19-6-2)21-12-14-8-7-9-15(25-3)17(14)26-4/h7-9,13H,5-6,10-12H2,1-4H3,(H2,19,20,21). The number of aliphatic imine (C=N–C) groups is 1. The van der Waals surface area contributed by atoms with E-state index in [1.54, 1.807) is 20.5 Å². The molecule has 0 fully saturated rings. The number of nitrogens with zero attached hydrogens (tertiary/aromatic N) is 4. The molecule has 0 bridgehead atoms. The number of aromatic nitrogens is 3. The highest BCUT2D eigenvalue weighted by molar-refractivity contribution is 5.79. The van der Waals surface area contributed by atoms with E-state index in [1.165, 1.54) is 0 Å². The van der Waals surface area contributed by atoms with Crippen LogP contribution < -0.4 is 20.1 Å². The van der Waals surface area contributed by atoms with Crippen molar-refractivity contribution in [2.75, 3.05) is 27.3 Å². The molecule has 0 saturated carbocycles. The summed E-state index contributed by atoms with van der Waals surface area (Å²) >= 11 is 0. The van der Waals surface area contributed by atoms with Gasteiger partial charge in [0.15, 0.2) is 17.5 Å². The van der Waals surface area contributed by atoms with Crippen molar-refractivity contribution < 1.29 is 9.47 Å². The lowest BCUT2D eigenvalue weighted by atomic mass is 10.2. The normalized spacial score (nSPS) is 11.3. The molecule has 0 unspecified atom stereocenters. The second-order valence-corrected chi connectivity index (χ2v) is 5.57. The lowest BCUT2D eigenvalue weighted by Gasteiger charge is -2.14. The molecule has 0 aliphatic carbocycles. The van der Waals surface area contributed by atoms with Gasteiger partial charge in [-0.3, -0.25) is 0 Å². The average molecular weight is 360 g/mol.